The molecular weight excluding hydrogens is 352 g/mol. The van der Waals surface area contributed by atoms with Crippen LogP contribution in [0.2, 0.25) is 0 Å². The summed E-state index contributed by atoms with van der Waals surface area (Å²) in [6.45, 7) is 4.29. The van der Waals surface area contributed by atoms with Gasteiger partial charge in [-0.05, 0) is 43.0 Å². The SMILES string of the molecule is C=CCCC(=O)N1CCC[C@H]1C(=O)Nc1ccccc1-c1ccc(OC)cc1. The number of para-hydroxylation sites is 1. The Morgan fingerprint density at radius 1 is 1.21 bits per heavy atom. The molecule has 146 valence electrons. The molecule has 5 heteroatoms. The molecule has 1 saturated heterocycles. The number of ether oxygens (including phenoxy) is 1. The van der Waals surface area contributed by atoms with E-state index in [2.05, 4.69) is 11.9 Å². The minimum atomic E-state index is -0.416. The van der Waals surface area contributed by atoms with Crippen LogP contribution in [-0.4, -0.2) is 36.4 Å². The second-order valence-corrected chi connectivity index (χ2v) is 6.84. The molecule has 5 nitrogen and oxygen atoms in total. The zero-order valence-corrected chi connectivity index (χ0v) is 16.2. The molecule has 2 aromatic rings. The molecule has 0 aliphatic carbocycles. The first kappa shape index (κ1) is 19.7. The number of hydrogen-bond donors (Lipinski definition) is 1. The quantitative estimate of drug-likeness (QED) is 0.733. The number of carbonyl (C=O) groups excluding carboxylic acids is 2. The molecule has 1 atom stereocenters. The number of rotatable bonds is 7. The zero-order valence-electron chi connectivity index (χ0n) is 16.2. The normalized spacial score (nSPS) is 15.9. The van der Waals surface area contributed by atoms with Gasteiger partial charge in [-0.15, -0.1) is 6.58 Å². The van der Waals surface area contributed by atoms with Gasteiger partial charge >= 0.3 is 0 Å². The van der Waals surface area contributed by atoms with E-state index in [4.69, 9.17) is 4.74 Å². The second kappa shape index (κ2) is 9.22. The summed E-state index contributed by atoms with van der Waals surface area (Å²) >= 11 is 0. The van der Waals surface area contributed by atoms with E-state index < -0.39 is 6.04 Å². The summed E-state index contributed by atoms with van der Waals surface area (Å²) in [4.78, 5) is 27.1. The number of allylic oxidation sites excluding steroid dienone is 1. The average Bonchev–Trinajstić information content (AvgIpc) is 3.23. The molecule has 0 bridgehead atoms. The van der Waals surface area contributed by atoms with Crippen molar-refractivity contribution in [2.45, 2.75) is 31.7 Å². The molecule has 3 rings (SSSR count). The number of benzene rings is 2. The van der Waals surface area contributed by atoms with E-state index in [1.165, 1.54) is 0 Å². The molecule has 1 aliphatic rings. The minimum absolute atomic E-state index is 0.0148. The second-order valence-electron chi connectivity index (χ2n) is 6.84. The number of likely N-dealkylation sites (tertiary alicyclic amines) is 1. The van der Waals surface area contributed by atoms with Gasteiger partial charge in [0.25, 0.3) is 0 Å². The molecule has 0 aromatic heterocycles. The van der Waals surface area contributed by atoms with Crippen LogP contribution in [0, 0.1) is 0 Å². The van der Waals surface area contributed by atoms with Gasteiger partial charge in [-0.3, -0.25) is 9.59 Å². The molecule has 0 radical (unpaired) electrons. The summed E-state index contributed by atoms with van der Waals surface area (Å²) in [5.74, 6) is 0.663. The average molecular weight is 378 g/mol. The Balaban J connectivity index is 1.77. The maximum Gasteiger partial charge on any atom is 0.247 e. The first-order valence-electron chi connectivity index (χ1n) is 9.58. The minimum Gasteiger partial charge on any atom is -0.497 e. The number of anilines is 1. The lowest BCUT2D eigenvalue weighted by atomic mass is 10.0. The predicted octanol–water partition coefficient (Wildman–Crippen LogP) is 4.26. The molecule has 2 aromatic carbocycles. The largest absolute Gasteiger partial charge is 0.497 e. The molecule has 1 aliphatic heterocycles. The highest BCUT2D eigenvalue weighted by molar-refractivity contribution is 6.00. The van der Waals surface area contributed by atoms with Crippen LogP contribution in [0.3, 0.4) is 0 Å². The number of carbonyl (C=O) groups is 2. The van der Waals surface area contributed by atoms with Crippen molar-refractivity contribution in [1.29, 1.82) is 0 Å². The van der Waals surface area contributed by atoms with Crippen LogP contribution >= 0.6 is 0 Å². The Morgan fingerprint density at radius 2 is 1.96 bits per heavy atom. The molecule has 1 fully saturated rings. The highest BCUT2D eigenvalue weighted by atomic mass is 16.5. The fraction of sp³-hybridized carbons (Fsp3) is 0.304. The first-order valence-corrected chi connectivity index (χ1v) is 9.58. The van der Waals surface area contributed by atoms with Gasteiger partial charge in [0.15, 0.2) is 0 Å². The van der Waals surface area contributed by atoms with Crippen molar-refractivity contribution in [1.82, 2.24) is 4.90 Å². The van der Waals surface area contributed by atoms with E-state index in [0.717, 1.165) is 29.0 Å². The molecular formula is C23H26N2O3. The Labute approximate surface area is 166 Å². The van der Waals surface area contributed by atoms with Crippen LogP contribution in [0.15, 0.2) is 61.2 Å². The molecule has 28 heavy (non-hydrogen) atoms. The van der Waals surface area contributed by atoms with Crippen LogP contribution in [0.1, 0.15) is 25.7 Å². The molecule has 0 spiro atoms. The summed E-state index contributed by atoms with van der Waals surface area (Å²) in [7, 11) is 1.63. The van der Waals surface area contributed by atoms with Crippen molar-refractivity contribution < 1.29 is 14.3 Å². The number of methoxy groups -OCH3 is 1. The van der Waals surface area contributed by atoms with Crippen LogP contribution in [0.5, 0.6) is 5.75 Å². The van der Waals surface area contributed by atoms with Gasteiger partial charge in [0.05, 0.1) is 7.11 Å². The van der Waals surface area contributed by atoms with Gasteiger partial charge in [0.2, 0.25) is 11.8 Å². The topological polar surface area (TPSA) is 58.6 Å². The molecule has 0 saturated carbocycles. The van der Waals surface area contributed by atoms with Crippen molar-refractivity contribution >= 4 is 17.5 Å². The van der Waals surface area contributed by atoms with Gasteiger partial charge < -0.3 is 15.0 Å². The van der Waals surface area contributed by atoms with Crippen LogP contribution in [-0.2, 0) is 9.59 Å². The molecule has 1 N–H and O–H groups in total. The van der Waals surface area contributed by atoms with Gasteiger partial charge in [0.1, 0.15) is 11.8 Å². The van der Waals surface area contributed by atoms with E-state index >= 15 is 0 Å². The van der Waals surface area contributed by atoms with Gasteiger partial charge in [-0.1, -0.05) is 36.4 Å². The van der Waals surface area contributed by atoms with E-state index in [-0.39, 0.29) is 11.8 Å². The van der Waals surface area contributed by atoms with Crippen molar-refractivity contribution in [2.75, 3.05) is 19.0 Å². The third-order valence-electron chi connectivity index (χ3n) is 5.02. The summed E-state index contributed by atoms with van der Waals surface area (Å²) in [6, 6.07) is 15.0. The maximum absolute atomic E-state index is 12.9. The van der Waals surface area contributed by atoms with Gasteiger partial charge in [0, 0.05) is 24.2 Å². The van der Waals surface area contributed by atoms with Crippen LogP contribution in [0.25, 0.3) is 11.1 Å². The number of nitrogens with one attached hydrogen (secondary N) is 1. The zero-order chi connectivity index (χ0) is 19.9. The number of nitrogens with zero attached hydrogens (tertiary/aromatic N) is 1. The Kier molecular flexibility index (Phi) is 6.48. The van der Waals surface area contributed by atoms with Crippen molar-refractivity contribution in [2.24, 2.45) is 0 Å². The van der Waals surface area contributed by atoms with Crippen molar-refractivity contribution in [3.05, 3.63) is 61.2 Å². The predicted molar refractivity (Wildman–Crippen MR) is 111 cm³/mol. The smallest absolute Gasteiger partial charge is 0.247 e. The summed E-state index contributed by atoms with van der Waals surface area (Å²) in [5, 5.41) is 3.04. The van der Waals surface area contributed by atoms with Crippen molar-refractivity contribution in [3.63, 3.8) is 0 Å². The Morgan fingerprint density at radius 3 is 2.68 bits per heavy atom. The summed E-state index contributed by atoms with van der Waals surface area (Å²) in [5.41, 5.74) is 2.66. The Bertz CT molecular complexity index is 845. The lowest BCUT2D eigenvalue weighted by molar-refractivity contribution is -0.136. The molecule has 0 unspecified atom stereocenters. The lowest BCUT2D eigenvalue weighted by Crippen LogP contribution is -2.43. The standard InChI is InChI=1S/C23H26N2O3/c1-3-4-11-22(26)25-16-7-10-21(25)23(27)24-20-9-6-5-8-19(20)17-12-14-18(28-2)15-13-17/h3,5-6,8-9,12-15,21H,1,4,7,10-11,16H2,2H3,(H,24,27)/t21-/m0/s1. The summed E-state index contributed by atoms with van der Waals surface area (Å²) < 4.78 is 5.22. The van der Waals surface area contributed by atoms with Gasteiger partial charge in [-0.2, -0.15) is 0 Å². The van der Waals surface area contributed by atoms with E-state index in [9.17, 15) is 9.59 Å². The summed E-state index contributed by atoms with van der Waals surface area (Å²) in [6.07, 6.45) is 4.29. The molecule has 1 heterocycles. The fourth-order valence-corrected chi connectivity index (χ4v) is 3.54. The Hall–Kier alpha value is -3.08. The highest BCUT2D eigenvalue weighted by Gasteiger charge is 2.33. The monoisotopic (exact) mass is 378 g/mol. The van der Waals surface area contributed by atoms with Crippen LogP contribution in [0.4, 0.5) is 5.69 Å². The van der Waals surface area contributed by atoms with E-state index in [0.29, 0.717) is 25.8 Å². The number of amides is 2. The highest BCUT2D eigenvalue weighted by Crippen LogP contribution is 2.30. The van der Waals surface area contributed by atoms with E-state index in [1.54, 1.807) is 18.1 Å². The van der Waals surface area contributed by atoms with Gasteiger partial charge in [-0.25, -0.2) is 0 Å². The lowest BCUT2D eigenvalue weighted by Gasteiger charge is -2.24. The fourth-order valence-electron chi connectivity index (χ4n) is 3.54. The first-order chi connectivity index (χ1) is 13.6. The molecule has 2 amide bonds. The number of hydrogen-bond acceptors (Lipinski definition) is 3. The van der Waals surface area contributed by atoms with E-state index in [1.807, 2.05) is 48.5 Å². The van der Waals surface area contributed by atoms with Crippen LogP contribution < -0.4 is 10.1 Å². The third-order valence-corrected chi connectivity index (χ3v) is 5.02. The third kappa shape index (κ3) is 4.42. The maximum atomic E-state index is 12.9. The van der Waals surface area contributed by atoms with Crippen molar-refractivity contribution in [3.8, 4) is 16.9 Å².